The zero-order chi connectivity index (χ0) is 68.6. The highest BCUT2D eigenvalue weighted by molar-refractivity contribution is 6.20. The highest BCUT2D eigenvalue weighted by Gasteiger charge is 2.28. The molecule has 10 aromatic carbocycles. The molecule has 0 atom stereocenters. The maximum Gasteiger partial charge on any atom is 0.282 e. The lowest BCUT2D eigenvalue weighted by molar-refractivity contribution is 0.668. The van der Waals surface area contributed by atoms with Gasteiger partial charge in [-0.3, -0.25) is 9.59 Å². The molecule has 0 unspecified atom stereocenters. The van der Waals surface area contributed by atoms with E-state index >= 15 is 9.59 Å². The summed E-state index contributed by atoms with van der Waals surface area (Å²) in [4.78, 5) is 32.3. The van der Waals surface area contributed by atoms with Crippen LogP contribution in [0.2, 0.25) is 0 Å². The maximum absolute atomic E-state index is 16.2. The molecular weight excluding hydrogens is 869 g/mol. The van der Waals surface area contributed by atoms with E-state index in [2.05, 4.69) is 0 Å². The molecule has 0 aliphatic heterocycles. The van der Waals surface area contributed by atoms with Gasteiger partial charge in [0.2, 0.25) is 0 Å². The molecule has 0 saturated heterocycles. The molecule has 8 heteroatoms. The van der Waals surface area contributed by atoms with Crippen LogP contribution in [0.1, 0.15) is 35.6 Å². The summed E-state index contributed by atoms with van der Waals surface area (Å²) in [6.45, 7) is 0. The minimum atomic E-state index is -1.25. The van der Waals surface area contributed by atoms with E-state index < -0.39 is 261 Å². The van der Waals surface area contributed by atoms with Gasteiger partial charge >= 0.3 is 0 Å². The summed E-state index contributed by atoms with van der Waals surface area (Å²) in [5.41, 5.74) is -10.0. The van der Waals surface area contributed by atoms with Crippen LogP contribution >= 0.6 is 0 Å². The van der Waals surface area contributed by atoms with E-state index in [0.29, 0.717) is 4.52 Å². The fraction of sp³-hybridized carbons (Fsp3) is 0. The summed E-state index contributed by atoms with van der Waals surface area (Å²) in [5.74, 6) is 0. The van der Waals surface area contributed by atoms with Crippen molar-refractivity contribution in [2.45, 2.75) is 0 Å². The summed E-state index contributed by atoms with van der Waals surface area (Å²) in [6.07, 6.45) is 0. The summed E-state index contributed by atoms with van der Waals surface area (Å²) in [6, 6.07) is -12.2. The quantitative estimate of drug-likeness (QED) is 0.174. The van der Waals surface area contributed by atoms with Gasteiger partial charge in [0, 0.05) is 54.2 Å². The smallest absolute Gasteiger partial charge is 0.282 e. The van der Waals surface area contributed by atoms with E-state index in [-0.39, 0.29) is 61.0 Å². The van der Waals surface area contributed by atoms with Crippen LogP contribution in [0.3, 0.4) is 0 Å². The van der Waals surface area contributed by atoms with Gasteiger partial charge in [-0.05, 0) is 106 Å². The van der Waals surface area contributed by atoms with Crippen LogP contribution < -0.4 is 11.1 Å². The van der Waals surface area contributed by atoms with E-state index in [1.54, 1.807) is 0 Å². The number of para-hydroxylation sites is 4. The summed E-state index contributed by atoms with van der Waals surface area (Å²) in [5, 5.41) is -3.81. The third-order valence-electron chi connectivity index (χ3n) is 12.7. The molecule has 0 bridgehead atoms. The van der Waals surface area contributed by atoms with Crippen LogP contribution in [0.4, 0.5) is 0 Å². The average Bonchev–Trinajstić information content (AvgIpc) is 1.49. The van der Waals surface area contributed by atoms with Crippen molar-refractivity contribution >= 4 is 110 Å². The molecule has 326 valence electrons. The molecular formula is C62H32N2O6. The number of fused-ring (bicyclic) bond motifs is 17. The Labute approximate surface area is 430 Å². The number of nitrogens with zero attached hydrogens (tertiary/aromatic N) is 2. The Kier molecular flexibility index (Phi) is 3.99. The van der Waals surface area contributed by atoms with Crippen LogP contribution in [0, 0.1) is 0 Å². The highest BCUT2D eigenvalue weighted by Crippen LogP contribution is 2.47. The van der Waals surface area contributed by atoms with Gasteiger partial charge < -0.3 is 17.7 Å². The molecule has 16 aromatic rings. The lowest BCUT2D eigenvalue weighted by Gasteiger charge is -2.14. The first-order chi connectivity index (χ1) is 45.3. The Balaban J connectivity index is 1.18. The van der Waals surface area contributed by atoms with E-state index in [1.165, 1.54) is 30.3 Å². The predicted molar refractivity (Wildman–Crippen MR) is 280 cm³/mol. The minimum Gasteiger partial charge on any atom is -0.456 e. The second-order valence-corrected chi connectivity index (χ2v) is 16.3. The van der Waals surface area contributed by atoms with Crippen molar-refractivity contribution in [2.24, 2.45) is 0 Å². The van der Waals surface area contributed by atoms with Gasteiger partial charge in [0.25, 0.3) is 11.1 Å². The van der Waals surface area contributed by atoms with Gasteiger partial charge in [0.05, 0.1) is 57.4 Å². The van der Waals surface area contributed by atoms with Crippen molar-refractivity contribution in [2.75, 3.05) is 0 Å². The molecule has 0 amide bonds. The minimum absolute atomic E-state index is 0.0107. The van der Waals surface area contributed by atoms with Crippen molar-refractivity contribution in [1.29, 1.82) is 0 Å². The van der Waals surface area contributed by atoms with Crippen molar-refractivity contribution in [1.82, 2.24) is 9.03 Å². The van der Waals surface area contributed by atoms with E-state index in [4.69, 9.17) is 41.0 Å². The number of hydrogen-bond donors (Lipinski definition) is 0. The van der Waals surface area contributed by atoms with Crippen LogP contribution in [0.25, 0.3) is 154 Å². The van der Waals surface area contributed by atoms with Gasteiger partial charge in [-0.15, -0.1) is 0 Å². The average molecular weight is 927 g/mol. The molecule has 6 aromatic heterocycles. The lowest BCUT2D eigenvalue weighted by atomic mass is 9.91. The van der Waals surface area contributed by atoms with E-state index in [0.717, 1.165) is 10.6 Å². The topological polar surface area (TPSA) is 95.5 Å². The molecule has 70 heavy (non-hydrogen) atoms. The number of rotatable bonds is 4. The van der Waals surface area contributed by atoms with Gasteiger partial charge in [-0.2, -0.15) is 4.52 Å². The summed E-state index contributed by atoms with van der Waals surface area (Å²) < 4.78 is 261. The second kappa shape index (κ2) is 13.5. The first-order valence-electron chi connectivity index (χ1n) is 34.1. The number of benzene rings is 10. The Morgan fingerprint density at radius 2 is 0.671 bits per heavy atom. The van der Waals surface area contributed by atoms with Gasteiger partial charge in [0.1, 0.15) is 44.7 Å². The molecule has 0 radical (unpaired) electrons. The maximum atomic E-state index is 16.2. The summed E-state index contributed by atoms with van der Waals surface area (Å²) in [7, 11) is 0. The Morgan fingerprint density at radius 1 is 0.314 bits per heavy atom. The van der Waals surface area contributed by atoms with E-state index in [9.17, 15) is 12.3 Å². The Bertz CT molecular complexity index is 6660. The third-order valence-corrected chi connectivity index (χ3v) is 12.7. The zero-order valence-corrected chi connectivity index (χ0v) is 34.8. The highest BCUT2D eigenvalue weighted by atomic mass is 16.3. The molecule has 6 heterocycles. The molecule has 0 fully saturated rings. The molecule has 0 N–H and O–H groups in total. The monoisotopic (exact) mass is 926 g/mol. The zero-order valence-electron chi connectivity index (χ0n) is 60.8. The number of furan rings is 4. The molecule has 0 aliphatic carbocycles. The van der Waals surface area contributed by atoms with Crippen molar-refractivity contribution in [3.8, 4) is 44.5 Å². The number of hydrogen-bond acceptors (Lipinski definition) is 6. The fourth-order valence-electron chi connectivity index (χ4n) is 9.95. The van der Waals surface area contributed by atoms with Crippen LogP contribution in [0.5, 0.6) is 0 Å². The Hall–Kier alpha value is -9.66. The van der Waals surface area contributed by atoms with Crippen molar-refractivity contribution < 1.29 is 53.3 Å². The molecule has 16 rings (SSSR count). The lowest BCUT2D eigenvalue weighted by Crippen LogP contribution is -2.21. The first kappa shape index (κ1) is 20.7. The Morgan fingerprint density at radius 3 is 1.13 bits per heavy atom. The van der Waals surface area contributed by atoms with Gasteiger partial charge in [-0.25, -0.2) is 4.52 Å². The van der Waals surface area contributed by atoms with Gasteiger partial charge in [-0.1, -0.05) is 121 Å². The summed E-state index contributed by atoms with van der Waals surface area (Å²) >= 11 is 0. The second-order valence-electron chi connectivity index (χ2n) is 16.3. The van der Waals surface area contributed by atoms with E-state index in [1.807, 2.05) is 0 Å². The normalized spacial score (nSPS) is 17.6. The fourth-order valence-corrected chi connectivity index (χ4v) is 9.95. The molecule has 0 saturated carbocycles. The van der Waals surface area contributed by atoms with Crippen molar-refractivity contribution in [3.63, 3.8) is 0 Å². The van der Waals surface area contributed by atoms with Crippen molar-refractivity contribution in [3.05, 3.63) is 214 Å². The predicted octanol–water partition coefficient (Wildman–Crippen LogP) is 15.8. The molecule has 8 nitrogen and oxygen atoms in total. The molecule has 0 aliphatic rings. The largest absolute Gasteiger partial charge is 0.456 e. The van der Waals surface area contributed by atoms with Crippen LogP contribution in [-0.4, -0.2) is 9.03 Å². The number of aromatic nitrogens is 2. The van der Waals surface area contributed by atoms with Crippen LogP contribution in [0.15, 0.2) is 221 Å². The van der Waals surface area contributed by atoms with Gasteiger partial charge in [0.15, 0.2) is 0 Å². The van der Waals surface area contributed by atoms with Crippen LogP contribution in [-0.2, 0) is 0 Å². The first-order valence-corrected chi connectivity index (χ1v) is 21.1. The third kappa shape index (κ3) is 4.88. The SMILES string of the molecule is [2H]c1c([2H])c([2H])c2c(oc3c([2H])ccc(-c4cc(-c5c([2H])c([2H])c([2H])c6oc7c([2H])c([2H])c([2H])c([2H])c7c56)c5c(c4)c(=O)n4c(=O)c6cc(-c7c([2H])c([2H])c([2H])c8oc9c([2H])c([2H])c([2H])c([2H])c9c78)cc(-c7c([2H])c([2H])c([2H])c8oc9c([2H])c([2H])c([2H])c([2H])c9c78)c6n54)c32)c1[2H]. The molecule has 0 spiro atoms. The standard InChI is InChI=1S/C62H32N2O6/c65-61-45-31-33(35-17-9-25-51-55(35)39-13-1-5-21-47(39)67-51)29-43(37-19-11-27-53-57(37)41-15-3-7-23-49(41)69-53)59(45)63-60-44(38-20-12-28-54-58(38)42-16-4-8-24-50(42)70-54)30-34(32-46(60)62(66)64(61)63)36-18-10-26-52-56(36)40-14-2-6-22-48(40)68-52/h1-32H/i1D,2D,3D,4D,5D,6D,7D,8D,9D,11D,12D,13D,14D,15D,16D,17D,19D,20D,21D,22D,23D,24D,25D,26D,27D,28D.